The molecule has 0 unspecified atom stereocenters. The van der Waals surface area contributed by atoms with E-state index in [0.717, 1.165) is 4.90 Å². The normalized spacial score (nSPS) is 9.74. The molecule has 0 aliphatic rings. The van der Waals surface area contributed by atoms with E-state index >= 15 is 0 Å². The van der Waals surface area contributed by atoms with Gasteiger partial charge in [0.05, 0.1) is 6.61 Å². The topological polar surface area (TPSA) is 75.6 Å². The fourth-order valence-electron chi connectivity index (χ4n) is 1.20. The zero-order valence-corrected chi connectivity index (χ0v) is 11.3. The first-order chi connectivity index (χ1) is 9.02. The van der Waals surface area contributed by atoms with Crippen molar-refractivity contribution in [2.75, 3.05) is 18.2 Å². The molecule has 5 nitrogen and oxygen atoms in total. The summed E-state index contributed by atoms with van der Waals surface area (Å²) in [5, 5.41) is 11.1. The summed E-state index contributed by atoms with van der Waals surface area (Å²) in [6, 6.07) is 7.30. The van der Waals surface area contributed by atoms with Gasteiger partial charge in [0.1, 0.15) is 0 Å². The lowest BCUT2D eigenvalue weighted by molar-refractivity contribution is -0.132. The van der Waals surface area contributed by atoms with E-state index in [2.05, 4.69) is 11.9 Å². The highest BCUT2D eigenvalue weighted by molar-refractivity contribution is 7.98. The number of carboxylic acid groups (broad SMARTS) is 1. The van der Waals surface area contributed by atoms with Gasteiger partial charge >= 0.3 is 12.1 Å². The zero-order valence-electron chi connectivity index (χ0n) is 10.5. The number of ether oxygens (including phenoxy) is 1. The Morgan fingerprint density at radius 2 is 2.00 bits per heavy atom. The number of thioether (sulfide) groups is 1. The standard InChI is InChI=1S/C13H15NO4S/c1-9(12(15)16)7-8-18-13(17)14-10-3-5-11(19-2)6-4-10/h3-6H,1,7-8H2,2H3,(H,14,17)(H,15,16). The van der Waals surface area contributed by atoms with Crippen molar-refractivity contribution in [3.05, 3.63) is 36.4 Å². The van der Waals surface area contributed by atoms with Gasteiger partial charge in [0.2, 0.25) is 0 Å². The molecule has 2 N–H and O–H groups in total. The molecule has 0 atom stereocenters. The first-order valence-corrected chi connectivity index (χ1v) is 6.74. The lowest BCUT2D eigenvalue weighted by atomic mass is 10.2. The van der Waals surface area contributed by atoms with Crippen LogP contribution in [0.25, 0.3) is 0 Å². The second-order valence-electron chi connectivity index (χ2n) is 3.65. The molecule has 0 aliphatic heterocycles. The molecule has 1 rings (SSSR count). The van der Waals surface area contributed by atoms with Gasteiger partial charge < -0.3 is 9.84 Å². The van der Waals surface area contributed by atoms with E-state index in [1.807, 2.05) is 18.4 Å². The van der Waals surface area contributed by atoms with Crippen LogP contribution < -0.4 is 5.32 Å². The highest BCUT2D eigenvalue weighted by Gasteiger charge is 2.07. The average Bonchev–Trinajstić information content (AvgIpc) is 2.39. The fraction of sp³-hybridized carbons (Fsp3) is 0.231. The molecule has 19 heavy (non-hydrogen) atoms. The Hall–Kier alpha value is -1.95. The number of aliphatic carboxylic acids is 1. The minimum Gasteiger partial charge on any atom is -0.478 e. The lowest BCUT2D eigenvalue weighted by Gasteiger charge is -2.07. The lowest BCUT2D eigenvalue weighted by Crippen LogP contribution is -2.15. The number of nitrogens with one attached hydrogen (secondary N) is 1. The summed E-state index contributed by atoms with van der Waals surface area (Å²) < 4.78 is 4.84. The van der Waals surface area contributed by atoms with Gasteiger partial charge in [-0.2, -0.15) is 0 Å². The fourth-order valence-corrected chi connectivity index (χ4v) is 1.61. The van der Waals surface area contributed by atoms with Gasteiger partial charge in [-0.05, 0) is 30.5 Å². The SMILES string of the molecule is C=C(CCOC(=O)Nc1ccc(SC)cc1)C(=O)O. The summed E-state index contributed by atoms with van der Waals surface area (Å²) in [5.74, 6) is -1.09. The molecule has 0 fully saturated rings. The Morgan fingerprint density at radius 1 is 1.37 bits per heavy atom. The average molecular weight is 281 g/mol. The number of benzene rings is 1. The molecule has 0 bridgehead atoms. The van der Waals surface area contributed by atoms with Gasteiger partial charge in [0.15, 0.2) is 0 Å². The van der Waals surface area contributed by atoms with Crippen LogP contribution in [0.2, 0.25) is 0 Å². The molecular weight excluding hydrogens is 266 g/mol. The van der Waals surface area contributed by atoms with Crippen LogP contribution in [0.1, 0.15) is 6.42 Å². The van der Waals surface area contributed by atoms with Crippen LogP contribution in [0.3, 0.4) is 0 Å². The van der Waals surface area contributed by atoms with E-state index in [4.69, 9.17) is 9.84 Å². The monoisotopic (exact) mass is 281 g/mol. The van der Waals surface area contributed by atoms with Crippen LogP contribution in [0.5, 0.6) is 0 Å². The largest absolute Gasteiger partial charge is 0.478 e. The Kier molecular flexibility index (Phi) is 5.95. The van der Waals surface area contributed by atoms with Crippen LogP contribution in [-0.2, 0) is 9.53 Å². The molecule has 102 valence electrons. The molecule has 1 amide bonds. The molecule has 0 spiro atoms. The number of anilines is 1. The van der Waals surface area contributed by atoms with Gasteiger partial charge in [0.25, 0.3) is 0 Å². The number of amides is 1. The minimum absolute atomic E-state index is 0.0112. The molecule has 0 heterocycles. The van der Waals surface area contributed by atoms with E-state index < -0.39 is 12.1 Å². The van der Waals surface area contributed by atoms with Gasteiger partial charge in [-0.15, -0.1) is 11.8 Å². The number of hydrogen-bond donors (Lipinski definition) is 2. The van der Waals surface area contributed by atoms with Crippen LogP contribution in [0.4, 0.5) is 10.5 Å². The molecule has 1 aromatic rings. The predicted molar refractivity (Wildman–Crippen MR) is 74.6 cm³/mol. The maximum absolute atomic E-state index is 11.4. The van der Waals surface area contributed by atoms with Crippen molar-refractivity contribution >= 4 is 29.5 Å². The van der Waals surface area contributed by atoms with Gasteiger partial charge in [0, 0.05) is 22.6 Å². The Bertz CT molecular complexity index is 470. The van der Waals surface area contributed by atoms with Crippen LogP contribution in [0.15, 0.2) is 41.3 Å². The predicted octanol–water partition coefficient (Wildman–Crippen LogP) is 2.99. The summed E-state index contributed by atoms with van der Waals surface area (Å²) in [4.78, 5) is 23.0. The number of hydrogen-bond acceptors (Lipinski definition) is 4. The van der Waals surface area contributed by atoms with Crippen molar-refractivity contribution < 1.29 is 19.4 Å². The summed E-state index contributed by atoms with van der Waals surface area (Å²) in [6.45, 7) is 3.33. The Labute approximate surface area is 115 Å². The van der Waals surface area contributed by atoms with Crippen molar-refractivity contribution in [2.24, 2.45) is 0 Å². The van der Waals surface area contributed by atoms with Gasteiger partial charge in [-0.3, -0.25) is 5.32 Å². The van der Waals surface area contributed by atoms with Crippen molar-refractivity contribution in [1.29, 1.82) is 0 Å². The van der Waals surface area contributed by atoms with Gasteiger partial charge in [-0.25, -0.2) is 9.59 Å². The smallest absolute Gasteiger partial charge is 0.411 e. The molecule has 0 radical (unpaired) electrons. The van der Waals surface area contributed by atoms with Crippen molar-refractivity contribution in [2.45, 2.75) is 11.3 Å². The highest BCUT2D eigenvalue weighted by Crippen LogP contribution is 2.17. The minimum atomic E-state index is -1.09. The van der Waals surface area contributed by atoms with Gasteiger partial charge in [-0.1, -0.05) is 6.58 Å². The van der Waals surface area contributed by atoms with E-state index in [1.54, 1.807) is 23.9 Å². The molecule has 0 saturated carbocycles. The van der Waals surface area contributed by atoms with Crippen LogP contribution >= 0.6 is 11.8 Å². The number of rotatable bonds is 6. The zero-order chi connectivity index (χ0) is 14.3. The second kappa shape index (κ2) is 7.48. The van der Waals surface area contributed by atoms with E-state index in [9.17, 15) is 9.59 Å². The molecule has 0 aliphatic carbocycles. The molecule has 0 aromatic heterocycles. The highest BCUT2D eigenvalue weighted by atomic mass is 32.2. The van der Waals surface area contributed by atoms with Crippen molar-refractivity contribution in [3.63, 3.8) is 0 Å². The Balaban J connectivity index is 2.34. The first-order valence-electron chi connectivity index (χ1n) is 5.52. The quantitative estimate of drug-likeness (QED) is 0.619. The third-order valence-corrected chi connectivity index (χ3v) is 3.02. The number of carbonyl (C=O) groups excluding carboxylic acids is 1. The van der Waals surface area contributed by atoms with E-state index in [1.165, 1.54) is 0 Å². The second-order valence-corrected chi connectivity index (χ2v) is 4.53. The Morgan fingerprint density at radius 3 is 2.53 bits per heavy atom. The van der Waals surface area contributed by atoms with E-state index in [0.29, 0.717) is 5.69 Å². The summed E-state index contributed by atoms with van der Waals surface area (Å²) in [7, 11) is 0. The maximum atomic E-state index is 11.4. The van der Waals surface area contributed by atoms with Crippen molar-refractivity contribution in [3.8, 4) is 0 Å². The first kappa shape index (κ1) is 15.1. The summed E-state index contributed by atoms with van der Waals surface area (Å²) in [6.07, 6.45) is 1.45. The molecule has 0 saturated heterocycles. The van der Waals surface area contributed by atoms with E-state index in [-0.39, 0.29) is 18.6 Å². The molecule has 1 aromatic carbocycles. The number of carboxylic acids is 1. The van der Waals surface area contributed by atoms with Crippen molar-refractivity contribution in [1.82, 2.24) is 0 Å². The summed E-state index contributed by atoms with van der Waals surface area (Å²) in [5.41, 5.74) is 0.636. The van der Waals surface area contributed by atoms with Crippen LogP contribution in [-0.4, -0.2) is 30.0 Å². The molecular formula is C13H15NO4S. The number of carbonyl (C=O) groups is 2. The third-order valence-electron chi connectivity index (χ3n) is 2.28. The maximum Gasteiger partial charge on any atom is 0.411 e. The van der Waals surface area contributed by atoms with Crippen LogP contribution in [0, 0.1) is 0 Å². The summed E-state index contributed by atoms with van der Waals surface area (Å²) >= 11 is 1.61. The molecule has 6 heteroatoms. The third kappa shape index (κ3) is 5.48.